The molecule has 0 atom stereocenters. The third kappa shape index (κ3) is 3.26. The molecule has 0 aliphatic rings. The van der Waals surface area contributed by atoms with E-state index in [4.69, 9.17) is 0 Å². The van der Waals surface area contributed by atoms with Gasteiger partial charge in [0.25, 0.3) is 0 Å². The summed E-state index contributed by atoms with van der Waals surface area (Å²) in [5.74, 6) is 0.634. The third-order valence-electron chi connectivity index (χ3n) is 4.21. The molecule has 1 aromatic heterocycles. The first kappa shape index (κ1) is 16.5. The summed E-state index contributed by atoms with van der Waals surface area (Å²) in [6.07, 6.45) is 0. The zero-order valence-electron chi connectivity index (χ0n) is 14.3. The summed E-state index contributed by atoms with van der Waals surface area (Å²) in [5, 5.41) is 8.39. The van der Waals surface area contributed by atoms with Crippen LogP contribution in [-0.4, -0.2) is 20.8 Å². The number of carbonyl (C=O) groups excluding carboxylic acids is 1. The van der Waals surface area contributed by atoms with E-state index in [9.17, 15) is 4.79 Å². The van der Waals surface area contributed by atoms with Crippen molar-refractivity contribution < 1.29 is 4.79 Å². The van der Waals surface area contributed by atoms with Gasteiger partial charge in [0.1, 0.15) is 5.52 Å². The molecule has 1 heterocycles. The minimum absolute atomic E-state index is 0.0385. The molecule has 0 aliphatic carbocycles. The van der Waals surface area contributed by atoms with Crippen molar-refractivity contribution in [2.45, 2.75) is 17.7 Å². The van der Waals surface area contributed by atoms with Crippen molar-refractivity contribution in [2.24, 2.45) is 0 Å². The van der Waals surface area contributed by atoms with Crippen LogP contribution >= 0.6 is 11.8 Å². The van der Waals surface area contributed by atoms with Gasteiger partial charge in [0.2, 0.25) is 0 Å². The first-order chi connectivity index (χ1) is 12.7. The van der Waals surface area contributed by atoms with Crippen molar-refractivity contribution in [3.05, 3.63) is 89.5 Å². The third-order valence-corrected chi connectivity index (χ3v) is 5.25. The first-order valence-electron chi connectivity index (χ1n) is 8.34. The summed E-state index contributed by atoms with van der Waals surface area (Å²) in [6, 6.07) is 23.3. The van der Waals surface area contributed by atoms with E-state index in [1.165, 1.54) is 0 Å². The number of fused-ring (bicyclic) bond motifs is 1. The maximum absolute atomic E-state index is 12.9. The lowest BCUT2D eigenvalue weighted by Crippen LogP contribution is -2.04. The Balaban J connectivity index is 1.60. The molecule has 0 radical (unpaired) electrons. The molecule has 128 valence electrons. The number of ketones is 1. The van der Waals surface area contributed by atoms with E-state index in [0.717, 1.165) is 21.5 Å². The molecule has 0 N–H and O–H groups in total. The van der Waals surface area contributed by atoms with Crippen molar-refractivity contribution in [1.29, 1.82) is 0 Å². The second-order valence-electron chi connectivity index (χ2n) is 6.04. The first-order valence-corrected chi connectivity index (χ1v) is 9.32. The molecule has 0 fully saturated rings. The van der Waals surface area contributed by atoms with Gasteiger partial charge in [0.15, 0.2) is 5.78 Å². The van der Waals surface area contributed by atoms with Gasteiger partial charge in [0.05, 0.1) is 11.4 Å². The van der Waals surface area contributed by atoms with Gasteiger partial charge in [-0.05, 0) is 31.2 Å². The number of aryl methyl sites for hydroxylation is 1. The monoisotopic (exact) mass is 359 g/mol. The lowest BCUT2D eigenvalue weighted by molar-refractivity contribution is 0.103. The van der Waals surface area contributed by atoms with E-state index >= 15 is 0 Å². The topological polar surface area (TPSA) is 47.8 Å². The fourth-order valence-electron chi connectivity index (χ4n) is 2.78. The van der Waals surface area contributed by atoms with Crippen molar-refractivity contribution in [2.75, 3.05) is 0 Å². The molecular formula is C21H17N3OS. The number of aromatic nitrogens is 3. The quantitative estimate of drug-likeness (QED) is 0.382. The number of nitrogens with zero attached hydrogens (tertiary/aromatic N) is 3. The average Bonchev–Trinajstić information content (AvgIpc) is 3.10. The van der Waals surface area contributed by atoms with Gasteiger partial charge in [-0.3, -0.25) is 4.79 Å². The Morgan fingerprint density at radius 2 is 1.69 bits per heavy atom. The Hall–Kier alpha value is -2.92. The molecule has 0 unspecified atom stereocenters. The summed E-state index contributed by atoms with van der Waals surface area (Å²) in [7, 11) is 0. The molecule has 3 aromatic carbocycles. The van der Waals surface area contributed by atoms with Crippen molar-refractivity contribution in [3.8, 4) is 0 Å². The lowest BCUT2D eigenvalue weighted by Gasteiger charge is -2.09. The van der Waals surface area contributed by atoms with Gasteiger partial charge in [-0.15, -0.1) is 16.9 Å². The lowest BCUT2D eigenvalue weighted by atomic mass is 10.0. The average molecular weight is 359 g/mol. The normalized spacial score (nSPS) is 11.0. The van der Waals surface area contributed by atoms with Crippen molar-refractivity contribution >= 4 is 28.6 Å². The van der Waals surface area contributed by atoms with Crippen LogP contribution in [0.2, 0.25) is 0 Å². The van der Waals surface area contributed by atoms with Gasteiger partial charge in [-0.2, -0.15) is 0 Å². The summed E-state index contributed by atoms with van der Waals surface area (Å²) in [6.45, 7) is 2.01. The molecule has 0 bridgehead atoms. The van der Waals surface area contributed by atoms with Crippen LogP contribution in [-0.2, 0) is 5.88 Å². The summed E-state index contributed by atoms with van der Waals surface area (Å²) in [5.41, 5.74) is 4.42. The Kier molecular flexibility index (Phi) is 4.54. The summed E-state index contributed by atoms with van der Waals surface area (Å²) < 4.78 is 1.85. The van der Waals surface area contributed by atoms with E-state index in [1.54, 1.807) is 11.8 Å². The molecule has 5 heteroatoms. The molecule has 4 aromatic rings. The van der Waals surface area contributed by atoms with Crippen LogP contribution in [0.4, 0.5) is 0 Å². The molecule has 0 saturated carbocycles. The highest BCUT2D eigenvalue weighted by Gasteiger charge is 2.14. The van der Waals surface area contributed by atoms with Gasteiger partial charge < -0.3 is 0 Å². The smallest absolute Gasteiger partial charge is 0.194 e. The van der Waals surface area contributed by atoms with Crippen LogP contribution < -0.4 is 0 Å². The van der Waals surface area contributed by atoms with Crippen LogP contribution in [0.5, 0.6) is 0 Å². The van der Waals surface area contributed by atoms with Crippen LogP contribution in [0.1, 0.15) is 21.5 Å². The van der Waals surface area contributed by atoms with E-state index < -0.39 is 0 Å². The number of para-hydroxylation sites is 1. The molecular weight excluding hydrogens is 342 g/mol. The fraction of sp³-hybridized carbons (Fsp3) is 0.0952. The number of thioether (sulfide) groups is 1. The number of hydrogen-bond acceptors (Lipinski definition) is 4. The molecule has 4 rings (SSSR count). The zero-order valence-corrected chi connectivity index (χ0v) is 15.1. The van der Waals surface area contributed by atoms with Crippen molar-refractivity contribution in [1.82, 2.24) is 15.0 Å². The Bertz CT molecular complexity index is 1070. The van der Waals surface area contributed by atoms with Crippen LogP contribution in [0, 0.1) is 6.92 Å². The van der Waals surface area contributed by atoms with E-state index in [2.05, 4.69) is 10.3 Å². The molecule has 0 spiro atoms. The van der Waals surface area contributed by atoms with Crippen molar-refractivity contribution in [3.63, 3.8) is 0 Å². The Morgan fingerprint density at radius 1 is 0.962 bits per heavy atom. The Morgan fingerprint density at radius 3 is 2.54 bits per heavy atom. The number of benzene rings is 3. The highest BCUT2D eigenvalue weighted by Crippen LogP contribution is 2.27. The van der Waals surface area contributed by atoms with Gasteiger partial charge >= 0.3 is 0 Å². The largest absolute Gasteiger partial charge is 0.289 e. The van der Waals surface area contributed by atoms with E-state index in [1.807, 2.05) is 84.4 Å². The molecule has 0 aliphatic heterocycles. The Labute approximate surface area is 155 Å². The standard InChI is InChI=1S/C21H17N3OS/c1-15-10-12-16(13-11-15)21(25)17-6-2-5-9-20(17)26-14-24-19-8-4-3-7-18(19)22-23-24/h2-13H,14H2,1H3. The number of carbonyl (C=O) groups is 1. The van der Waals surface area contributed by atoms with Gasteiger partial charge in [-0.1, -0.05) is 59.3 Å². The molecule has 4 nitrogen and oxygen atoms in total. The minimum atomic E-state index is 0.0385. The maximum atomic E-state index is 12.9. The minimum Gasteiger partial charge on any atom is -0.289 e. The predicted molar refractivity (Wildman–Crippen MR) is 104 cm³/mol. The molecule has 0 saturated heterocycles. The number of hydrogen-bond donors (Lipinski definition) is 0. The zero-order chi connectivity index (χ0) is 17.9. The molecule has 0 amide bonds. The predicted octanol–water partition coefficient (Wildman–Crippen LogP) is 4.72. The van der Waals surface area contributed by atoms with Crippen LogP contribution in [0.25, 0.3) is 11.0 Å². The van der Waals surface area contributed by atoms with E-state index in [0.29, 0.717) is 17.0 Å². The SMILES string of the molecule is Cc1ccc(C(=O)c2ccccc2SCn2nnc3ccccc32)cc1. The summed E-state index contributed by atoms with van der Waals surface area (Å²) >= 11 is 1.59. The second-order valence-corrected chi connectivity index (χ2v) is 7.03. The highest BCUT2D eigenvalue weighted by molar-refractivity contribution is 7.98. The maximum Gasteiger partial charge on any atom is 0.194 e. The number of rotatable bonds is 5. The van der Waals surface area contributed by atoms with E-state index in [-0.39, 0.29) is 5.78 Å². The second kappa shape index (κ2) is 7.14. The van der Waals surface area contributed by atoms with Crippen LogP contribution in [0.3, 0.4) is 0 Å². The highest BCUT2D eigenvalue weighted by atomic mass is 32.2. The van der Waals surface area contributed by atoms with Gasteiger partial charge in [0, 0.05) is 16.0 Å². The summed E-state index contributed by atoms with van der Waals surface area (Å²) in [4.78, 5) is 13.8. The molecule has 26 heavy (non-hydrogen) atoms. The fourth-order valence-corrected chi connectivity index (χ4v) is 3.73. The van der Waals surface area contributed by atoms with Crippen LogP contribution in [0.15, 0.2) is 77.7 Å². The van der Waals surface area contributed by atoms with Gasteiger partial charge in [-0.25, -0.2) is 4.68 Å².